The highest BCUT2D eigenvalue weighted by atomic mass is 35.5. The highest BCUT2D eigenvalue weighted by Gasteiger charge is 2.33. The van der Waals surface area contributed by atoms with Gasteiger partial charge in [-0.05, 0) is 12.1 Å². The van der Waals surface area contributed by atoms with Gasteiger partial charge in [0.1, 0.15) is 5.15 Å². The summed E-state index contributed by atoms with van der Waals surface area (Å²) in [6, 6.07) is 3.19. The van der Waals surface area contributed by atoms with Crippen molar-refractivity contribution in [3.05, 3.63) is 17.3 Å². The monoisotopic (exact) mass is 285 g/mol. The Balaban J connectivity index is 2.21. The van der Waals surface area contributed by atoms with E-state index in [0.717, 1.165) is 0 Å². The Hall–Kier alpha value is -1.27. The first-order valence-corrected chi connectivity index (χ1v) is 6.62. The van der Waals surface area contributed by atoms with Crippen LogP contribution in [0.5, 0.6) is 0 Å². The molecule has 1 amide bonds. The number of halogens is 1. The summed E-state index contributed by atoms with van der Waals surface area (Å²) in [5, 5.41) is 0.242. The minimum Gasteiger partial charge on any atom is -0.396 e. The second-order valence-corrected chi connectivity index (χ2v) is 5.85. The molecule has 2 heterocycles. The van der Waals surface area contributed by atoms with Crippen LogP contribution in [0.25, 0.3) is 0 Å². The normalized spacial score (nSPS) is 19.3. The topological polar surface area (TPSA) is 76.3 Å². The number of hydrogen-bond acceptors (Lipinski definition) is 5. The molecule has 0 aromatic carbocycles. The van der Waals surface area contributed by atoms with E-state index in [1.54, 1.807) is 12.1 Å². The van der Waals surface area contributed by atoms with E-state index in [-0.39, 0.29) is 21.4 Å². The number of anilines is 2. The van der Waals surface area contributed by atoms with Gasteiger partial charge in [0, 0.05) is 25.1 Å². The number of pyridine rings is 1. The maximum absolute atomic E-state index is 11.9. The smallest absolute Gasteiger partial charge is 0.229 e. The van der Waals surface area contributed by atoms with E-state index in [1.807, 2.05) is 0 Å². The minimum absolute atomic E-state index is 0.00155. The summed E-state index contributed by atoms with van der Waals surface area (Å²) in [6.45, 7) is 1.92. The molecule has 1 aromatic rings. The second kappa shape index (κ2) is 5.16. The molecule has 0 radical (unpaired) electrons. The highest BCUT2D eigenvalue weighted by molar-refractivity contribution is 8.14. The molecule has 96 valence electrons. The molecule has 1 aromatic heterocycles. The third kappa shape index (κ3) is 2.76. The Bertz CT molecular complexity index is 509. The van der Waals surface area contributed by atoms with Crippen molar-refractivity contribution in [3.8, 4) is 0 Å². The predicted molar refractivity (Wildman–Crippen MR) is 72.7 cm³/mol. The lowest BCUT2D eigenvalue weighted by atomic mass is 10.3. The van der Waals surface area contributed by atoms with Gasteiger partial charge in [-0.25, -0.2) is 4.98 Å². The van der Waals surface area contributed by atoms with Crippen LogP contribution in [0.15, 0.2) is 12.1 Å². The third-order valence-corrected chi connectivity index (χ3v) is 3.74. The lowest BCUT2D eigenvalue weighted by Crippen LogP contribution is -2.27. The van der Waals surface area contributed by atoms with Crippen LogP contribution in [0.2, 0.25) is 5.15 Å². The first-order chi connectivity index (χ1) is 8.47. The molecule has 1 atom stereocenters. The Morgan fingerprint density at radius 3 is 3.00 bits per heavy atom. The molecule has 0 saturated carbocycles. The summed E-state index contributed by atoms with van der Waals surface area (Å²) in [7, 11) is 0. The molecule has 1 aliphatic heterocycles. The van der Waals surface area contributed by atoms with Gasteiger partial charge >= 0.3 is 0 Å². The molecule has 18 heavy (non-hydrogen) atoms. The number of hydrogen-bond donors (Lipinski definition) is 1. The van der Waals surface area contributed by atoms with Crippen molar-refractivity contribution >= 4 is 45.9 Å². The first-order valence-electron chi connectivity index (χ1n) is 5.37. The van der Waals surface area contributed by atoms with Gasteiger partial charge < -0.3 is 5.73 Å². The average Bonchev–Trinajstić information content (AvgIpc) is 2.62. The van der Waals surface area contributed by atoms with E-state index in [4.69, 9.17) is 17.3 Å². The van der Waals surface area contributed by atoms with Gasteiger partial charge in [0.2, 0.25) is 5.91 Å². The van der Waals surface area contributed by atoms with Gasteiger partial charge in [0.15, 0.2) is 10.9 Å². The Morgan fingerprint density at radius 1 is 1.61 bits per heavy atom. The molecule has 1 saturated heterocycles. The minimum atomic E-state index is -0.0878. The summed E-state index contributed by atoms with van der Waals surface area (Å²) in [4.78, 5) is 28.5. The number of thioether (sulfide) groups is 1. The lowest BCUT2D eigenvalue weighted by molar-refractivity contribution is -0.117. The summed E-state index contributed by atoms with van der Waals surface area (Å²) in [6.07, 6.45) is 0.317. The van der Waals surface area contributed by atoms with Gasteiger partial charge in [-0.3, -0.25) is 14.5 Å². The number of aromatic nitrogens is 1. The van der Waals surface area contributed by atoms with Gasteiger partial charge in [-0.15, -0.1) is 0 Å². The summed E-state index contributed by atoms with van der Waals surface area (Å²) in [5.41, 5.74) is 6.19. The zero-order chi connectivity index (χ0) is 13.3. The van der Waals surface area contributed by atoms with E-state index in [9.17, 15) is 9.59 Å². The number of nitrogens with two attached hydrogens (primary N) is 1. The van der Waals surface area contributed by atoms with Crippen molar-refractivity contribution in [2.75, 3.05) is 17.2 Å². The lowest BCUT2D eigenvalue weighted by Gasteiger charge is -2.17. The molecule has 0 spiro atoms. The van der Waals surface area contributed by atoms with Gasteiger partial charge in [-0.2, -0.15) is 0 Å². The van der Waals surface area contributed by atoms with E-state index in [1.165, 1.54) is 23.6 Å². The molecule has 5 nitrogen and oxygen atoms in total. The number of carbonyl (C=O) groups excluding carboxylic acids is 2. The Morgan fingerprint density at radius 2 is 2.33 bits per heavy atom. The van der Waals surface area contributed by atoms with E-state index < -0.39 is 0 Å². The van der Waals surface area contributed by atoms with Crippen molar-refractivity contribution in [3.63, 3.8) is 0 Å². The molecular weight excluding hydrogens is 274 g/mol. The van der Waals surface area contributed by atoms with Crippen LogP contribution in [0.3, 0.4) is 0 Å². The highest BCUT2D eigenvalue weighted by Crippen LogP contribution is 2.31. The molecule has 1 fully saturated rings. The maximum Gasteiger partial charge on any atom is 0.229 e. The number of amides is 1. The summed E-state index contributed by atoms with van der Waals surface area (Å²) >= 11 is 6.97. The predicted octanol–water partition coefficient (Wildman–Crippen LogP) is 1.70. The van der Waals surface area contributed by atoms with Crippen LogP contribution in [-0.2, 0) is 9.59 Å². The van der Waals surface area contributed by atoms with Gasteiger partial charge in [0.25, 0.3) is 0 Å². The van der Waals surface area contributed by atoms with Crippen LogP contribution < -0.4 is 10.6 Å². The Kier molecular flexibility index (Phi) is 3.77. The van der Waals surface area contributed by atoms with Crippen molar-refractivity contribution in [1.29, 1.82) is 0 Å². The van der Waals surface area contributed by atoms with Crippen molar-refractivity contribution in [2.24, 2.45) is 0 Å². The zero-order valence-electron chi connectivity index (χ0n) is 9.72. The SMILES string of the molecule is CC(=O)SC1CC(=O)N(c2nc(Cl)ccc2N)C1. The zero-order valence-corrected chi connectivity index (χ0v) is 11.3. The Labute approximate surface area is 114 Å². The van der Waals surface area contributed by atoms with E-state index >= 15 is 0 Å². The first kappa shape index (κ1) is 13.2. The number of nitrogens with zero attached hydrogens (tertiary/aromatic N) is 2. The second-order valence-electron chi connectivity index (χ2n) is 3.99. The third-order valence-electron chi connectivity index (χ3n) is 2.55. The van der Waals surface area contributed by atoms with Crippen LogP contribution in [0, 0.1) is 0 Å². The fourth-order valence-electron chi connectivity index (χ4n) is 1.85. The van der Waals surface area contributed by atoms with Gasteiger partial charge in [-0.1, -0.05) is 23.4 Å². The number of nitrogen functional groups attached to an aromatic ring is 1. The molecule has 2 N–H and O–H groups in total. The van der Waals surface area contributed by atoms with Gasteiger partial charge in [0.05, 0.1) is 5.69 Å². The standard InChI is InChI=1S/C11H12ClN3O2S/c1-6(16)18-7-4-10(17)15(5-7)11-8(13)2-3-9(12)14-11/h2-3,7H,4-5,13H2,1H3. The molecular formula is C11H12ClN3O2S. The van der Waals surface area contributed by atoms with Crippen LogP contribution in [0.4, 0.5) is 11.5 Å². The molecule has 0 aliphatic carbocycles. The molecule has 2 rings (SSSR count). The fourth-order valence-corrected chi connectivity index (χ4v) is 2.91. The van der Waals surface area contributed by atoms with E-state index in [2.05, 4.69) is 4.98 Å². The van der Waals surface area contributed by atoms with Crippen molar-refractivity contribution < 1.29 is 9.59 Å². The summed E-state index contributed by atoms with van der Waals surface area (Å²) < 4.78 is 0. The molecule has 7 heteroatoms. The summed E-state index contributed by atoms with van der Waals surface area (Å²) in [5.74, 6) is 0.286. The maximum atomic E-state index is 11.9. The average molecular weight is 286 g/mol. The van der Waals surface area contributed by atoms with Crippen LogP contribution in [0.1, 0.15) is 13.3 Å². The van der Waals surface area contributed by atoms with Crippen LogP contribution in [-0.4, -0.2) is 27.8 Å². The van der Waals surface area contributed by atoms with Crippen molar-refractivity contribution in [2.45, 2.75) is 18.6 Å². The van der Waals surface area contributed by atoms with Crippen LogP contribution >= 0.6 is 23.4 Å². The molecule has 1 unspecified atom stereocenters. The largest absolute Gasteiger partial charge is 0.396 e. The van der Waals surface area contributed by atoms with E-state index in [0.29, 0.717) is 24.5 Å². The quantitative estimate of drug-likeness (QED) is 0.837. The fraction of sp³-hybridized carbons (Fsp3) is 0.364. The molecule has 1 aliphatic rings. The molecule has 0 bridgehead atoms. The number of carbonyl (C=O) groups is 2. The number of rotatable bonds is 2. The van der Waals surface area contributed by atoms with Crippen molar-refractivity contribution in [1.82, 2.24) is 4.98 Å².